The highest BCUT2D eigenvalue weighted by Crippen LogP contribution is 2.39. The van der Waals surface area contributed by atoms with Crippen molar-refractivity contribution in [3.8, 4) is 0 Å². The number of nitrogens with one attached hydrogen (secondary N) is 2. The van der Waals surface area contributed by atoms with E-state index in [4.69, 9.17) is 4.74 Å². The molecule has 1 saturated carbocycles. The van der Waals surface area contributed by atoms with E-state index < -0.39 is 24.0 Å². The minimum atomic E-state index is -1.12. The van der Waals surface area contributed by atoms with Gasteiger partial charge in [0.2, 0.25) is 6.10 Å². The number of urea groups is 1. The van der Waals surface area contributed by atoms with Crippen LogP contribution in [0.5, 0.6) is 0 Å². The van der Waals surface area contributed by atoms with Gasteiger partial charge in [0.1, 0.15) is 0 Å². The van der Waals surface area contributed by atoms with Gasteiger partial charge in [-0.25, -0.2) is 4.79 Å². The highest BCUT2D eigenvalue weighted by atomic mass is 16.5. The first-order valence-electron chi connectivity index (χ1n) is 6.81. The average molecular weight is 290 g/mol. The van der Waals surface area contributed by atoms with Crippen molar-refractivity contribution in [2.24, 2.45) is 11.8 Å². The number of rotatable bonds is 4. The van der Waals surface area contributed by atoms with Gasteiger partial charge in [0.25, 0.3) is 5.91 Å². The number of hydrogen-bond acceptors (Lipinski definition) is 4. The van der Waals surface area contributed by atoms with Crippen molar-refractivity contribution in [1.82, 2.24) is 10.6 Å². The molecule has 21 heavy (non-hydrogen) atoms. The van der Waals surface area contributed by atoms with Crippen LogP contribution in [0.4, 0.5) is 4.79 Å². The molecule has 6 nitrogen and oxygen atoms in total. The van der Waals surface area contributed by atoms with Crippen molar-refractivity contribution in [3.05, 3.63) is 35.9 Å². The summed E-state index contributed by atoms with van der Waals surface area (Å²) >= 11 is 0. The number of hydrogen-bond donors (Lipinski definition) is 2. The van der Waals surface area contributed by atoms with E-state index in [2.05, 4.69) is 10.6 Å². The standard InChI is InChI=1S/C15H18N2O4/c1-9-8-11(9)14(19)21-12(10-6-4-3-5-7-10)13(18)17-15(20)16-2/h3-7,9,11-12H,8H2,1-2H3,(H2,16,17,18,20)/t9-,11-,12-/m0/s1. The zero-order valence-corrected chi connectivity index (χ0v) is 12.0. The molecule has 0 spiro atoms. The Labute approximate surface area is 122 Å². The zero-order valence-electron chi connectivity index (χ0n) is 12.0. The average Bonchev–Trinajstić information content (AvgIpc) is 3.22. The van der Waals surface area contributed by atoms with E-state index in [1.807, 2.05) is 6.92 Å². The summed E-state index contributed by atoms with van der Waals surface area (Å²) in [5.74, 6) is -0.925. The van der Waals surface area contributed by atoms with Crippen molar-refractivity contribution in [1.29, 1.82) is 0 Å². The normalized spacial score (nSPS) is 21.0. The highest BCUT2D eigenvalue weighted by Gasteiger charge is 2.42. The quantitative estimate of drug-likeness (QED) is 0.821. The van der Waals surface area contributed by atoms with E-state index >= 15 is 0 Å². The molecule has 1 aromatic rings. The van der Waals surface area contributed by atoms with Crippen LogP contribution in [0.15, 0.2) is 30.3 Å². The summed E-state index contributed by atoms with van der Waals surface area (Å²) in [4.78, 5) is 35.3. The predicted molar refractivity (Wildman–Crippen MR) is 75.1 cm³/mol. The fourth-order valence-electron chi connectivity index (χ4n) is 1.99. The van der Waals surface area contributed by atoms with Gasteiger partial charge in [-0.1, -0.05) is 37.3 Å². The molecule has 0 radical (unpaired) electrons. The first kappa shape index (κ1) is 15.0. The molecule has 0 aromatic heterocycles. The molecule has 3 amide bonds. The molecule has 0 bridgehead atoms. The zero-order chi connectivity index (χ0) is 15.4. The minimum absolute atomic E-state index is 0.149. The molecule has 1 aliphatic rings. The van der Waals surface area contributed by atoms with Crippen LogP contribution in [0.2, 0.25) is 0 Å². The summed E-state index contributed by atoms with van der Waals surface area (Å²) in [6.07, 6.45) is -0.346. The van der Waals surface area contributed by atoms with Gasteiger partial charge in [0, 0.05) is 12.6 Å². The van der Waals surface area contributed by atoms with E-state index in [9.17, 15) is 14.4 Å². The lowest BCUT2D eigenvalue weighted by Gasteiger charge is -2.17. The summed E-state index contributed by atoms with van der Waals surface area (Å²) in [7, 11) is 1.40. The van der Waals surface area contributed by atoms with Gasteiger partial charge in [-0.3, -0.25) is 14.9 Å². The molecule has 3 atom stereocenters. The molecule has 1 fully saturated rings. The second-order valence-corrected chi connectivity index (χ2v) is 5.12. The van der Waals surface area contributed by atoms with Crippen LogP contribution in [0.1, 0.15) is 25.0 Å². The maximum absolute atomic E-state index is 12.1. The highest BCUT2D eigenvalue weighted by molar-refractivity contribution is 5.97. The van der Waals surface area contributed by atoms with E-state index in [0.29, 0.717) is 5.56 Å². The van der Waals surface area contributed by atoms with Gasteiger partial charge in [-0.05, 0) is 12.3 Å². The molecule has 0 unspecified atom stereocenters. The van der Waals surface area contributed by atoms with E-state index in [-0.39, 0.29) is 11.8 Å². The largest absolute Gasteiger partial charge is 0.447 e. The Morgan fingerprint density at radius 1 is 1.24 bits per heavy atom. The number of esters is 1. The van der Waals surface area contributed by atoms with Crippen molar-refractivity contribution in [2.45, 2.75) is 19.4 Å². The molecular formula is C15H18N2O4. The molecule has 112 valence electrons. The summed E-state index contributed by atoms with van der Waals surface area (Å²) in [6.45, 7) is 1.95. The second-order valence-electron chi connectivity index (χ2n) is 5.12. The number of imide groups is 1. The number of benzene rings is 1. The SMILES string of the molecule is CNC(=O)NC(=O)[C@@H](OC(=O)[C@H]1C[C@@H]1C)c1ccccc1. The molecule has 2 N–H and O–H groups in total. The van der Waals surface area contributed by atoms with Gasteiger partial charge in [-0.2, -0.15) is 0 Å². The van der Waals surface area contributed by atoms with Crippen LogP contribution >= 0.6 is 0 Å². The molecule has 0 saturated heterocycles. The van der Waals surface area contributed by atoms with E-state index in [1.165, 1.54) is 7.05 Å². The Morgan fingerprint density at radius 2 is 1.86 bits per heavy atom. The van der Waals surface area contributed by atoms with Gasteiger partial charge in [0.05, 0.1) is 5.92 Å². The summed E-state index contributed by atoms with van der Waals surface area (Å²) in [5.41, 5.74) is 0.528. The van der Waals surface area contributed by atoms with Crippen molar-refractivity contribution < 1.29 is 19.1 Å². The molecule has 6 heteroatoms. The van der Waals surface area contributed by atoms with Gasteiger partial charge in [-0.15, -0.1) is 0 Å². The lowest BCUT2D eigenvalue weighted by Crippen LogP contribution is -2.41. The second kappa shape index (κ2) is 6.39. The smallest absolute Gasteiger partial charge is 0.321 e. The lowest BCUT2D eigenvalue weighted by atomic mass is 10.1. The number of carbonyl (C=O) groups excluding carboxylic acids is 3. The van der Waals surface area contributed by atoms with E-state index in [1.54, 1.807) is 30.3 Å². The molecule has 0 heterocycles. The third-order valence-corrected chi connectivity index (χ3v) is 3.45. The summed E-state index contributed by atoms with van der Waals surface area (Å²) in [6, 6.07) is 7.99. The molecular weight excluding hydrogens is 272 g/mol. The van der Waals surface area contributed by atoms with Crippen molar-refractivity contribution in [3.63, 3.8) is 0 Å². The van der Waals surface area contributed by atoms with Crippen LogP contribution in [0, 0.1) is 11.8 Å². The van der Waals surface area contributed by atoms with Gasteiger partial charge in [0.15, 0.2) is 0 Å². The lowest BCUT2D eigenvalue weighted by molar-refractivity contribution is -0.157. The van der Waals surface area contributed by atoms with Crippen LogP contribution < -0.4 is 10.6 Å². The Kier molecular flexibility index (Phi) is 4.57. The predicted octanol–water partition coefficient (Wildman–Crippen LogP) is 1.38. The Bertz CT molecular complexity index is 544. The third kappa shape index (κ3) is 3.81. The topological polar surface area (TPSA) is 84.5 Å². The fraction of sp³-hybridized carbons (Fsp3) is 0.400. The van der Waals surface area contributed by atoms with Crippen LogP contribution in [0.3, 0.4) is 0 Å². The number of carbonyl (C=O) groups is 3. The Morgan fingerprint density at radius 3 is 2.38 bits per heavy atom. The molecule has 1 aromatic carbocycles. The van der Waals surface area contributed by atoms with Crippen LogP contribution in [-0.4, -0.2) is 25.0 Å². The minimum Gasteiger partial charge on any atom is -0.447 e. The number of ether oxygens (including phenoxy) is 1. The first-order chi connectivity index (χ1) is 10.0. The Hall–Kier alpha value is -2.37. The van der Waals surface area contributed by atoms with Crippen molar-refractivity contribution in [2.75, 3.05) is 7.05 Å². The molecule has 2 rings (SSSR count). The van der Waals surface area contributed by atoms with Gasteiger partial charge < -0.3 is 10.1 Å². The summed E-state index contributed by atoms with van der Waals surface area (Å²) < 4.78 is 5.31. The van der Waals surface area contributed by atoms with Crippen LogP contribution in [-0.2, 0) is 14.3 Å². The first-order valence-corrected chi connectivity index (χ1v) is 6.81. The fourth-order valence-corrected chi connectivity index (χ4v) is 1.99. The monoisotopic (exact) mass is 290 g/mol. The van der Waals surface area contributed by atoms with E-state index in [0.717, 1.165) is 6.42 Å². The maximum Gasteiger partial charge on any atom is 0.321 e. The Balaban J connectivity index is 2.12. The van der Waals surface area contributed by atoms with Crippen molar-refractivity contribution >= 4 is 17.9 Å². The number of amides is 3. The molecule has 1 aliphatic carbocycles. The van der Waals surface area contributed by atoms with Crippen LogP contribution in [0.25, 0.3) is 0 Å². The third-order valence-electron chi connectivity index (χ3n) is 3.45. The van der Waals surface area contributed by atoms with Gasteiger partial charge >= 0.3 is 12.0 Å². The maximum atomic E-state index is 12.1. The molecule has 0 aliphatic heterocycles. The summed E-state index contributed by atoms with van der Waals surface area (Å²) in [5, 5.41) is 4.42.